The van der Waals surface area contributed by atoms with Gasteiger partial charge in [0.1, 0.15) is 0 Å². The Balaban J connectivity index is 1.81. The quantitative estimate of drug-likeness (QED) is 0.821. The van der Waals surface area contributed by atoms with Gasteiger partial charge in [0.25, 0.3) is 0 Å². The first kappa shape index (κ1) is 9.86. The molecule has 0 aliphatic heterocycles. The van der Waals surface area contributed by atoms with Crippen molar-refractivity contribution in [1.82, 2.24) is 15.3 Å². The first-order valence-corrected chi connectivity index (χ1v) is 4.84. The topological polar surface area (TPSA) is 51.0 Å². The predicted octanol–water partition coefficient (Wildman–Crippen LogP) is 1.67. The van der Waals surface area contributed by atoms with Crippen LogP contribution in [0.1, 0.15) is 17.0 Å². The van der Waals surface area contributed by atoms with Crippen molar-refractivity contribution >= 4 is 0 Å². The summed E-state index contributed by atoms with van der Waals surface area (Å²) in [7, 11) is 0. The first-order chi connectivity index (χ1) is 7.34. The van der Waals surface area contributed by atoms with Crippen molar-refractivity contribution in [2.24, 2.45) is 0 Å². The molecule has 0 spiro atoms. The largest absolute Gasteiger partial charge is 0.472 e. The molecule has 15 heavy (non-hydrogen) atoms. The molecule has 4 nitrogen and oxygen atoms in total. The number of furan rings is 1. The van der Waals surface area contributed by atoms with Crippen molar-refractivity contribution in [3.8, 4) is 0 Å². The molecule has 0 saturated heterocycles. The van der Waals surface area contributed by atoms with E-state index in [1.807, 2.05) is 13.0 Å². The van der Waals surface area contributed by atoms with E-state index in [-0.39, 0.29) is 0 Å². The van der Waals surface area contributed by atoms with Gasteiger partial charge in [-0.2, -0.15) is 0 Å². The Labute approximate surface area is 88.4 Å². The van der Waals surface area contributed by atoms with E-state index in [0.717, 1.165) is 30.0 Å². The molecule has 2 heterocycles. The molecule has 1 N–H and O–H groups in total. The van der Waals surface area contributed by atoms with Crippen LogP contribution in [0.25, 0.3) is 0 Å². The number of nitrogens with one attached hydrogen (secondary N) is 1. The summed E-state index contributed by atoms with van der Waals surface area (Å²) in [5.74, 6) is 0. The molecule has 0 bridgehead atoms. The third kappa shape index (κ3) is 2.89. The fourth-order valence-electron chi connectivity index (χ4n) is 1.24. The second-order valence-electron chi connectivity index (χ2n) is 3.38. The molecule has 2 aromatic heterocycles. The van der Waals surface area contributed by atoms with Gasteiger partial charge in [-0.1, -0.05) is 0 Å². The summed E-state index contributed by atoms with van der Waals surface area (Å²) in [4.78, 5) is 8.42. The average molecular weight is 203 g/mol. The third-order valence-corrected chi connectivity index (χ3v) is 2.05. The van der Waals surface area contributed by atoms with E-state index in [1.165, 1.54) is 0 Å². The Bertz CT molecular complexity index is 394. The van der Waals surface area contributed by atoms with E-state index in [2.05, 4.69) is 15.3 Å². The average Bonchev–Trinajstić information content (AvgIpc) is 2.74. The van der Waals surface area contributed by atoms with Crippen LogP contribution in [-0.2, 0) is 13.1 Å². The zero-order valence-corrected chi connectivity index (χ0v) is 8.60. The highest BCUT2D eigenvalue weighted by atomic mass is 16.3. The predicted molar refractivity (Wildman–Crippen MR) is 56.0 cm³/mol. The molecule has 0 fully saturated rings. The van der Waals surface area contributed by atoms with Crippen LogP contribution in [0.4, 0.5) is 0 Å². The SMILES string of the molecule is Cc1cnc(CNCc2ccoc2)cn1. The Morgan fingerprint density at radius 2 is 2.20 bits per heavy atom. The molecule has 0 unspecified atom stereocenters. The van der Waals surface area contributed by atoms with Crippen LogP contribution >= 0.6 is 0 Å². The third-order valence-electron chi connectivity index (χ3n) is 2.05. The van der Waals surface area contributed by atoms with Gasteiger partial charge in [0.05, 0.1) is 23.9 Å². The minimum absolute atomic E-state index is 0.721. The highest BCUT2D eigenvalue weighted by Gasteiger charge is 1.96. The van der Waals surface area contributed by atoms with E-state index >= 15 is 0 Å². The van der Waals surface area contributed by atoms with Crippen LogP contribution in [0.5, 0.6) is 0 Å². The molecule has 2 aromatic rings. The molecule has 0 atom stereocenters. The van der Waals surface area contributed by atoms with Gasteiger partial charge in [-0.05, 0) is 13.0 Å². The van der Waals surface area contributed by atoms with Crippen LogP contribution in [0.3, 0.4) is 0 Å². The van der Waals surface area contributed by atoms with Crippen LogP contribution < -0.4 is 5.32 Å². The minimum atomic E-state index is 0.721. The standard InChI is InChI=1S/C11H13N3O/c1-9-4-14-11(7-13-9)6-12-5-10-2-3-15-8-10/h2-4,7-8,12H,5-6H2,1H3. The normalized spacial score (nSPS) is 10.5. The summed E-state index contributed by atoms with van der Waals surface area (Å²) in [6.07, 6.45) is 6.96. The van der Waals surface area contributed by atoms with Crippen LogP contribution in [-0.4, -0.2) is 9.97 Å². The zero-order chi connectivity index (χ0) is 10.5. The molecule has 78 valence electrons. The summed E-state index contributed by atoms with van der Waals surface area (Å²) < 4.78 is 4.97. The Morgan fingerprint density at radius 3 is 2.87 bits per heavy atom. The minimum Gasteiger partial charge on any atom is -0.472 e. The van der Waals surface area contributed by atoms with Gasteiger partial charge in [-0.15, -0.1) is 0 Å². The smallest absolute Gasteiger partial charge is 0.0947 e. The molecular weight excluding hydrogens is 190 g/mol. The Kier molecular flexibility index (Phi) is 3.09. The molecule has 0 saturated carbocycles. The maximum Gasteiger partial charge on any atom is 0.0947 e. The lowest BCUT2D eigenvalue weighted by Crippen LogP contribution is -2.13. The van der Waals surface area contributed by atoms with Gasteiger partial charge in [-0.3, -0.25) is 9.97 Å². The monoisotopic (exact) mass is 203 g/mol. The second kappa shape index (κ2) is 4.70. The van der Waals surface area contributed by atoms with Crippen LogP contribution in [0.15, 0.2) is 35.4 Å². The number of aromatic nitrogens is 2. The van der Waals surface area contributed by atoms with Gasteiger partial charge in [0, 0.05) is 31.0 Å². The first-order valence-electron chi connectivity index (χ1n) is 4.84. The molecular formula is C11H13N3O. The van der Waals surface area contributed by atoms with E-state index in [4.69, 9.17) is 4.42 Å². The molecule has 0 radical (unpaired) electrons. The Hall–Kier alpha value is -1.68. The van der Waals surface area contributed by atoms with Crippen molar-refractivity contribution in [1.29, 1.82) is 0 Å². The number of hydrogen-bond acceptors (Lipinski definition) is 4. The molecule has 0 aromatic carbocycles. The maximum absolute atomic E-state index is 4.97. The van der Waals surface area contributed by atoms with Gasteiger partial charge < -0.3 is 9.73 Å². The van der Waals surface area contributed by atoms with E-state index in [9.17, 15) is 0 Å². The molecule has 0 amide bonds. The lowest BCUT2D eigenvalue weighted by molar-refractivity contribution is 0.560. The summed E-state index contributed by atoms with van der Waals surface area (Å²) in [6.45, 7) is 3.43. The van der Waals surface area contributed by atoms with Crippen molar-refractivity contribution < 1.29 is 4.42 Å². The summed E-state index contributed by atoms with van der Waals surface area (Å²) in [6, 6.07) is 1.94. The van der Waals surface area contributed by atoms with Crippen molar-refractivity contribution in [3.63, 3.8) is 0 Å². The van der Waals surface area contributed by atoms with Crippen molar-refractivity contribution in [3.05, 3.63) is 47.9 Å². The summed E-state index contributed by atoms with van der Waals surface area (Å²) in [5, 5.41) is 3.26. The van der Waals surface area contributed by atoms with Crippen molar-refractivity contribution in [2.45, 2.75) is 20.0 Å². The van der Waals surface area contributed by atoms with E-state index < -0.39 is 0 Å². The zero-order valence-electron chi connectivity index (χ0n) is 8.60. The second-order valence-corrected chi connectivity index (χ2v) is 3.38. The highest BCUT2D eigenvalue weighted by Crippen LogP contribution is 1.99. The van der Waals surface area contributed by atoms with Crippen LogP contribution in [0.2, 0.25) is 0 Å². The molecule has 0 aliphatic carbocycles. The number of hydrogen-bond donors (Lipinski definition) is 1. The van der Waals surface area contributed by atoms with Gasteiger partial charge in [0.2, 0.25) is 0 Å². The fraction of sp³-hybridized carbons (Fsp3) is 0.273. The lowest BCUT2D eigenvalue weighted by Gasteiger charge is -2.02. The highest BCUT2D eigenvalue weighted by molar-refractivity contribution is 5.05. The van der Waals surface area contributed by atoms with Gasteiger partial charge in [-0.25, -0.2) is 0 Å². The van der Waals surface area contributed by atoms with Gasteiger partial charge >= 0.3 is 0 Å². The molecule has 0 aliphatic rings. The van der Waals surface area contributed by atoms with E-state index in [0.29, 0.717) is 0 Å². The maximum atomic E-state index is 4.97. The molecule has 2 rings (SSSR count). The number of aryl methyl sites for hydroxylation is 1. The van der Waals surface area contributed by atoms with Crippen molar-refractivity contribution in [2.75, 3.05) is 0 Å². The van der Waals surface area contributed by atoms with Gasteiger partial charge in [0.15, 0.2) is 0 Å². The number of rotatable bonds is 4. The summed E-state index contributed by atoms with van der Waals surface area (Å²) in [5.41, 5.74) is 3.02. The van der Waals surface area contributed by atoms with E-state index in [1.54, 1.807) is 24.9 Å². The lowest BCUT2D eigenvalue weighted by atomic mass is 10.3. The van der Waals surface area contributed by atoms with Crippen LogP contribution in [0, 0.1) is 6.92 Å². The summed E-state index contributed by atoms with van der Waals surface area (Å²) >= 11 is 0. The number of nitrogens with zero attached hydrogens (tertiary/aromatic N) is 2. The Morgan fingerprint density at radius 1 is 1.27 bits per heavy atom. The fourth-order valence-corrected chi connectivity index (χ4v) is 1.24. The molecule has 4 heteroatoms.